The lowest BCUT2D eigenvalue weighted by Gasteiger charge is -2.35. The van der Waals surface area contributed by atoms with Crippen LogP contribution in [0.25, 0.3) is 0 Å². The first-order valence-electron chi connectivity index (χ1n) is 8.92. The molecule has 7 nitrogen and oxygen atoms in total. The van der Waals surface area contributed by atoms with Crippen LogP contribution in [-0.4, -0.2) is 72.6 Å². The van der Waals surface area contributed by atoms with Crippen LogP contribution in [0.3, 0.4) is 0 Å². The molecule has 132 valence electrons. The van der Waals surface area contributed by atoms with Crippen molar-refractivity contribution < 1.29 is 4.74 Å². The van der Waals surface area contributed by atoms with Crippen LogP contribution in [0.1, 0.15) is 5.69 Å². The quantitative estimate of drug-likeness (QED) is 0.824. The maximum absolute atomic E-state index is 5.39. The van der Waals surface area contributed by atoms with Gasteiger partial charge in [-0.15, -0.1) is 10.2 Å². The highest BCUT2D eigenvalue weighted by atomic mass is 16.5. The molecule has 0 aromatic carbocycles. The second-order valence-electron chi connectivity index (χ2n) is 6.43. The Bertz CT molecular complexity index is 651. The third-order valence-electron chi connectivity index (χ3n) is 4.78. The van der Waals surface area contributed by atoms with Gasteiger partial charge in [0.25, 0.3) is 0 Å². The fourth-order valence-corrected chi connectivity index (χ4v) is 3.30. The molecule has 0 spiro atoms. The second kappa shape index (κ2) is 7.76. The zero-order valence-electron chi connectivity index (χ0n) is 14.4. The summed E-state index contributed by atoms with van der Waals surface area (Å²) in [5.74, 6) is 1.91. The molecule has 2 aliphatic rings. The van der Waals surface area contributed by atoms with Gasteiger partial charge in [0.15, 0.2) is 11.6 Å². The molecular weight excluding hydrogens is 316 g/mol. The van der Waals surface area contributed by atoms with Gasteiger partial charge < -0.3 is 14.5 Å². The second-order valence-corrected chi connectivity index (χ2v) is 6.43. The highest BCUT2D eigenvalue weighted by Gasteiger charge is 2.19. The normalized spacial score (nSPS) is 19.2. The summed E-state index contributed by atoms with van der Waals surface area (Å²) in [6, 6.07) is 10.3. The minimum Gasteiger partial charge on any atom is -0.378 e. The van der Waals surface area contributed by atoms with Gasteiger partial charge in [-0.2, -0.15) is 0 Å². The van der Waals surface area contributed by atoms with Crippen LogP contribution < -0.4 is 9.80 Å². The van der Waals surface area contributed by atoms with Crippen molar-refractivity contribution in [2.45, 2.75) is 6.54 Å². The van der Waals surface area contributed by atoms with E-state index in [1.807, 2.05) is 18.3 Å². The Morgan fingerprint density at radius 3 is 2.08 bits per heavy atom. The van der Waals surface area contributed by atoms with Crippen LogP contribution in [-0.2, 0) is 11.3 Å². The minimum absolute atomic E-state index is 0.766. The molecule has 0 bridgehead atoms. The van der Waals surface area contributed by atoms with Gasteiger partial charge in [-0.3, -0.25) is 9.88 Å². The third kappa shape index (κ3) is 4.05. The Morgan fingerprint density at radius 2 is 1.48 bits per heavy atom. The molecule has 0 aliphatic carbocycles. The molecule has 0 unspecified atom stereocenters. The van der Waals surface area contributed by atoms with E-state index in [0.29, 0.717) is 0 Å². The zero-order chi connectivity index (χ0) is 16.9. The third-order valence-corrected chi connectivity index (χ3v) is 4.78. The summed E-state index contributed by atoms with van der Waals surface area (Å²) in [5.41, 5.74) is 1.13. The van der Waals surface area contributed by atoms with Crippen molar-refractivity contribution >= 4 is 11.6 Å². The number of morpholine rings is 1. The molecule has 4 rings (SSSR count). The number of hydrogen-bond acceptors (Lipinski definition) is 7. The molecule has 0 atom stereocenters. The summed E-state index contributed by atoms with van der Waals surface area (Å²) in [6.07, 6.45) is 1.86. The monoisotopic (exact) mass is 340 g/mol. The van der Waals surface area contributed by atoms with Crippen LogP contribution in [0, 0.1) is 0 Å². The van der Waals surface area contributed by atoms with Gasteiger partial charge in [0, 0.05) is 52.0 Å². The fraction of sp³-hybridized carbons (Fsp3) is 0.500. The van der Waals surface area contributed by atoms with Crippen molar-refractivity contribution in [2.75, 3.05) is 62.3 Å². The predicted octanol–water partition coefficient (Wildman–Crippen LogP) is 1.03. The van der Waals surface area contributed by atoms with E-state index in [9.17, 15) is 0 Å². The van der Waals surface area contributed by atoms with E-state index >= 15 is 0 Å². The summed E-state index contributed by atoms with van der Waals surface area (Å²) >= 11 is 0. The summed E-state index contributed by atoms with van der Waals surface area (Å²) in [7, 11) is 0. The van der Waals surface area contributed by atoms with Gasteiger partial charge in [-0.1, -0.05) is 6.07 Å². The molecule has 0 N–H and O–H groups in total. The maximum atomic E-state index is 5.39. The molecule has 2 aromatic rings. The SMILES string of the molecule is c1ccc(CN2CCN(c3ccc(N4CCOCC4)nn3)CC2)nc1. The first kappa shape index (κ1) is 16.2. The molecule has 2 fully saturated rings. The number of ether oxygens (including phenoxy) is 1. The van der Waals surface area contributed by atoms with Crippen LogP contribution >= 0.6 is 0 Å². The van der Waals surface area contributed by atoms with Crippen molar-refractivity contribution in [3.05, 3.63) is 42.2 Å². The van der Waals surface area contributed by atoms with E-state index in [0.717, 1.165) is 76.4 Å². The largest absolute Gasteiger partial charge is 0.378 e. The first-order chi connectivity index (χ1) is 12.4. The summed E-state index contributed by atoms with van der Waals surface area (Å²) in [6.45, 7) is 8.20. The van der Waals surface area contributed by atoms with Crippen molar-refractivity contribution in [3.8, 4) is 0 Å². The van der Waals surface area contributed by atoms with E-state index in [4.69, 9.17) is 4.74 Å². The van der Waals surface area contributed by atoms with Crippen molar-refractivity contribution in [3.63, 3.8) is 0 Å². The Morgan fingerprint density at radius 1 is 0.800 bits per heavy atom. The van der Waals surface area contributed by atoms with Gasteiger partial charge >= 0.3 is 0 Å². The minimum atomic E-state index is 0.766. The molecule has 0 amide bonds. The Hall–Kier alpha value is -2.25. The highest BCUT2D eigenvalue weighted by molar-refractivity contribution is 5.45. The molecule has 0 saturated carbocycles. The Labute approximate surface area is 148 Å². The average molecular weight is 340 g/mol. The van der Waals surface area contributed by atoms with Crippen LogP contribution in [0.15, 0.2) is 36.5 Å². The number of rotatable bonds is 4. The standard InChI is InChI=1S/C18H24N6O/c1-2-6-19-16(3-1)15-22-7-9-23(10-8-22)17-4-5-18(21-20-17)24-11-13-25-14-12-24/h1-6H,7-15H2. The smallest absolute Gasteiger partial charge is 0.151 e. The van der Waals surface area contributed by atoms with Gasteiger partial charge in [0.05, 0.1) is 18.9 Å². The summed E-state index contributed by atoms with van der Waals surface area (Å²) in [4.78, 5) is 11.4. The van der Waals surface area contributed by atoms with Gasteiger partial charge in [-0.25, -0.2) is 0 Å². The topological polar surface area (TPSA) is 57.6 Å². The molecule has 7 heteroatoms. The molecule has 0 radical (unpaired) electrons. The lowest BCUT2D eigenvalue weighted by atomic mass is 10.2. The summed E-state index contributed by atoms with van der Waals surface area (Å²) < 4.78 is 5.39. The van der Waals surface area contributed by atoms with Crippen LogP contribution in [0.5, 0.6) is 0 Å². The number of piperazine rings is 1. The number of hydrogen-bond donors (Lipinski definition) is 0. The molecule has 2 aliphatic heterocycles. The molecule has 2 saturated heterocycles. The zero-order valence-corrected chi connectivity index (χ0v) is 14.4. The van der Waals surface area contributed by atoms with Gasteiger partial charge in [0.1, 0.15) is 0 Å². The highest BCUT2D eigenvalue weighted by Crippen LogP contribution is 2.17. The van der Waals surface area contributed by atoms with Gasteiger partial charge in [0.2, 0.25) is 0 Å². The molecular formula is C18H24N6O. The first-order valence-corrected chi connectivity index (χ1v) is 8.92. The number of pyridine rings is 1. The van der Waals surface area contributed by atoms with Crippen molar-refractivity contribution in [2.24, 2.45) is 0 Å². The van der Waals surface area contributed by atoms with E-state index in [1.165, 1.54) is 0 Å². The van der Waals surface area contributed by atoms with Crippen LogP contribution in [0.2, 0.25) is 0 Å². The maximum Gasteiger partial charge on any atom is 0.151 e. The molecule has 25 heavy (non-hydrogen) atoms. The van der Waals surface area contributed by atoms with E-state index < -0.39 is 0 Å². The number of anilines is 2. The number of aromatic nitrogens is 3. The van der Waals surface area contributed by atoms with Crippen LogP contribution in [0.4, 0.5) is 11.6 Å². The van der Waals surface area contributed by atoms with E-state index in [1.54, 1.807) is 0 Å². The number of nitrogens with zero attached hydrogens (tertiary/aromatic N) is 6. The lowest BCUT2D eigenvalue weighted by molar-refractivity contribution is 0.122. The predicted molar refractivity (Wildman–Crippen MR) is 96.8 cm³/mol. The summed E-state index contributed by atoms with van der Waals surface area (Å²) in [5, 5.41) is 8.87. The van der Waals surface area contributed by atoms with Crippen molar-refractivity contribution in [1.82, 2.24) is 20.1 Å². The van der Waals surface area contributed by atoms with Crippen molar-refractivity contribution in [1.29, 1.82) is 0 Å². The molecule has 2 aromatic heterocycles. The Kier molecular flexibility index (Phi) is 5.03. The lowest BCUT2D eigenvalue weighted by Crippen LogP contribution is -2.46. The Balaban J connectivity index is 1.31. The fourth-order valence-electron chi connectivity index (χ4n) is 3.30. The van der Waals surface area contributed by atoms with E-state index in [-0.39, 0.29) is 0 Å². The van der Waals surface area contributed by atoms with E-state index in [2.05, 4.69) is 48.1 Å². The van der Waals surface area contributed by atoms with Gasteiger partial charge in [-0.05, 0) is 24.3 Å². The molecule has 4 heterocycles. The average Bonchev–Trinajstić information content (AvgIpc) is 2.70.